The van der Waals surface area contributed by atoms with Gasteiger partial charge in [-0.05, 0) is 24.1 Å². The third kappa shape index (κ3) is 5.26. The lowest BCUT2D eigenvalue weighted by Crippen LogP contribution is -2.56. The molecular weight excluding hydrogens is 372 g/mol. The first-order valence-corrected chi connectivity index (χ1v) is 9.52. The summed E-state index contributed by atoms with van der Waals surface area (Å²) in [6.07, 6.45) is 0.723. The van der Waals surface area contributed by atoms with Gasteiger partial charge in [0.2, 0.25) is 11.8 Å². The monoisotopic (exact) mass is 398 g/mol. The van der Waals surface area contributed by atoms with E-state index in [0.717, 1.165) is 17.5 Å². The Morgan fingerprint density at radius 1 is 1.17 bits per heavy atom. The van der Waals surface area contributed by atoms with E-state index in [1.165, 1.54) is 0 Å². The largest absolute Gasteiger partial charge is 0.497 e. The molecule has 7 heteroatoms. The molecule has 154 valence electrons. The maximum absolute atomic E-state index is 12.8. The van der Waals surface area contributed by atoms with E-state index in [-0.39, 0.29) is 31.6 Å². The molecule has 1 aliphatic heterocycles. The summed E-state index contributed by atoms with van der Waals surface area (Å²) < 4.78 is 16.0. The highest BCUT2D eigenvalue weighted by molar-refractivity contribution is 5.89. The van der Waals surface area contributed by atoms with Crippen LogP contribution in [0.25, 0.3) is 0 Å². The first-order valence-electron chi connectivity index (χ1n) is 9.52. The molecule has 1 atom stereocenters. The van der Waals surface area contributed by atoms with Crippen LogP contribution in [0.4, 0.5) is 0 Å². The number of nitrogens with one attached hydrogen (secondary N) is 1. The minimum absolute atomic E-state index is 0.0355. The SMILES string of the molecule is COc1ccc(CN2C(=O)COC[C@H]2C(=O)NCCc2ccccc2)c(OC)c1. The van der Waals surface area contributed by atoms with Crippen molar-refractivity contribution in [2.24, 2.45) is 0 Å². The number of hydrogen-bond donors (Lipinski definition) is 1. The number of nitrogens with zero attached hydrogens (tertiary/aromatic N) is 1. The number of carbonyl (C=O) groups excluding carboxylic acids is 2. The number of benzene rings is 2. The zero-order chi connectivity index (χ0) is 20.6. The molecule has 2 aromatic rings. The molecule has 1 aliphatic rings. The Bertz CT molecular complexity index is 840. The Labute approximate surface area is 170 Å². The predicted octanol–water partition coefficient (Wildman–Crippen LogP) is 1.79. The minimum Gasteiger partial charge on any atom is -0.497 e. The Balaban J connectivity index is 1.67. The third-order valence-corrected chi connectivity index (χ3v) is 4.89. The molecule has 0 aliphatic carbocycles. The lowest BCUT2D eigenvalue weighted by atomic mass is 10.1. The lowest BCUT2D eigenvalue weighted by molar-refractivity contribution is -0.155. The summed E-state index contributed by atoms with van der Waals surface area (Å²) in [6, 6.07) is 14.6. The summed E-state index contributed by atoms with van der Waals surface area (Å²) in [5, 5.41) is 2.92. The van der Waals surface area contributed by atoms with Crippen LogP contribution in [0.3, 0.4) is 0 Å². The van der Waals surface area contributed by atoms with Crippen molar-refractivity contribution in [2.45, 2.75) is 19.0 Å². The van der Waals surface area contributed by atoms with Crippen molar-refractivity contribution >= 4 is 11.8 Å². The number of hydrogen-bond acceptors (Lipinski definition) is 5. The van der Waals surface area contributed by atoms with Crippen molar-refractivity contribution in [1.82, 2.24) is 10.2 Å². The van der Waals surface area contributed by atoms with Crippen LogP contribution in [0.15, 0.2) is 48.5 Å². The second kappa shape index (κ2) is 9.93. The van der Waals surface area contributed by atoms with Gasteiger partial charge in [-0.25, -0.2) is 0 Å². The second-order valence-corrected chi connectivity index (χ2v) is 6.76. The fourth-order valence-electron chi connectivity index (χ4n) is 3.28. The first kappa shape index (κ1) is 20.7. The molecule has 2 amide bonds. The van der Waals surface area contributed by atoms with Crippen molar-refractivity contribution in [3.63, 3.8) is 0 Å². The highest BCUT2D eigenvalue weighted by atomic mass is 16.5. The van der Waals surface area contributed by atoms with Crippen LogP contribution in [0.5, 0.6) is 11.5 Å². The van der Waals surface area contributed by atoms with E-state index < -0.39 is 6.04 Å². The second-order valence-electron chi connectivity index (χ2n) is 6.76. The van der Waals surface area contributed by atoms with Crippen LogP contribution < -0.4 is 14.8 Å². The summed E-state index contributed by atoms with van der Waals surface area (Å²) in [4.78, 5) is 26.8. The van der Waals surface area contributed by atoms with Crippen LogP contribution in [0, 0.1) is 0 Å². The van der Waals surface area contributed by atoms with E-state index in [2.05, 4.69) is 5.32 Å². The highest BCUT2D eigenvalue weighted by Crippen LogP contribution is 2.27. The van der Waals surface area contributed by atoms with Crippen molar-refractivity contribution in [1.29, 1.82) is 0 Å². The summed E-state index contributed by atoms with van der Waals surface area (Å²) in [6.45, 7) is 0.882. The molecular formula is C22H26N2O5. The van der Waals surface area contributed by atoms with Gasteiger partial charge in [0.1, 0.15) is 24.1 Å². The van der Waals surface area contributed by atoms with Gasteiger partial charge in [-0.15, -0.1) is 0 Å². The number of rotatable bonds is 8. The van der Waals surface area contributed by atoms with Gasteiger partial charge < -0.3 is 24.4 Å². The normalized spacial score (nSPS) is 16.4. The molecule has 29 heavy (non-hydrogen) atoms. The number of ether oxygens (including phenoxy) is 3. The zero-order valence-electron chi connectivity index (χ0n) is 16.7. The highest BCUT2D eigenvalue weighted by Gasteiger charge is 2.34. The van der Waals surface area contributed by atoms with E-state index in [0.29, 0.717) is 18.0 Å². The van der Waals surface area contributed by atoms with Gasteiger partial charge in [0.15, 0.2) is 0 Å². The van der Waals surface area contributed by atoms with Crippen molar-refractivity contribution in [3.8, 4) is 11.5 Å². The molecule has 0 radical (unpaired) electrons. The predicted molar refractivity (Wildman–Crippen MR) is 108 cm³/mol. The topological polar surface area (TPSA) is 77.1 Å². The van der Waals surface area contributed by atoms with Gasteiger partial charge in [-0.3, -0.25) is 9.59 Å². The van der Waals surface area contributed by atoms with Gasteiger partial charge in [0.25, 0.3) is 0 Å². The van der Waals surface area contributed by atoms with Gasteiger partial charge in [-0.1, -0.05) is 30.3 Å². The molecule has 0 saturated carbocycles. The van der Waals surface area contributed by atoms with E-state index in [4.69, 9.17) is 14.2 Å². The van der Waals surface area contributed by atoms with E-state index in [1.807, 2.05) is 36.4 Å². The molecule has 0 spiro atoms. The Morgan fingerprint density at radius 3 is 2.69 bits per heavy atom. The molecule has 0 unspecified atom stereocenters. The average molecular weight is 398 g/mol. The Morgan fingerprint density at radius 2 is 1.97 bits per heavy atom. The maximum Gasteiger partial charge on any atom is 0.249 e. The van der Waals surface area contributed by atoms with Crippen LogP contribution in [0.1, 0.15) is 11.1 Å². The van der Waals surface area contributed by atoms with Crippen molar-refractivity contribution < 1.29 is 23.8 Å². The van der Waals surface area contributed by atoms with Crippen LogP contribution in [-0.2, 0) is 27.3 Å². The standard InChI is InChI=1S/C22H26N2O5/c1-27-18-9-8-17(20(12-18)28-2)13-24-19(14-29-15-21(24)25)22(26)23-11-10-16-6-4-3-5-7-16/h3-9,12,19H,10-11,13-15H2,1-2H3,(H,23,26)/t19-/m0/s1. The van der Waals surface area contributed by atoms with Gasteiger partial charge >= 0.3 is 0 Å². The van der Waals surface area contributed by atoms with Gasteiger partial charge in [0.05, 0.1) is 27.4 Å². The number of carbonyl (C=O) groups is 2. The first-order chi connectivity index (χ1) is 14.1. The lowest BCUT2D eigenvalue weighted by Gasteiger charge is -2.34. The van der Waals surface area contributed by atoms with Crippen LogP contribution in [-0.4, -0.2) is 56.7 Å². The van der Waals surface area contributed by atoms with Crippen LogP contribution >= 0.6 is 0 Å². The Hall–Kier alpha value is -3.06. The molecule has 1 N–H and O–H groups in total. The molecule has 0 aromatic heterocycles. The molecule has 3 rings (SSSR count). The number of methoxy groups -OCH3 is 2. The smallest absolute Gasteiger partial charge is 0.249 e. The third-order valence-electron chi connectivity index (χ3n) is 4.89. The van der Waals surface area contributed by atoms with Gasteiger partial charge in [-0.2, -0.15) is 0 Å². The van der Waals surface area contributed by atoms with E-state index in [9.17, 15) is 9.59 Å². The molecule has 1 heterocycles. The quantitative estimate of drug-likeness (QED) is 0.734. The summed E-state index contributed by atoms with van der Waals surface area (Å²) in [7, 11) is 3.14. The fraction of sp³-hybridized carbons (Fsp3) is 0.364. The summed E-state index contributed by atoms with van der Waals surface area (Å²) in [5.74, 6) is 0.819. The fourth-order valence-corrected chi connectivity index (χ4v) is 3.28. The van der Waals surface area contributed by atoms with Gasteiger partial charge in [0, 0.05) is 18.2 Å². The maximum atomic E-state index is 12.8. The van der Waals surface area contributed by atoms with Crippen molar-refractivity contribution in [3.05, 3.63) is 59.7 Å². The van der Waals surface area contributed by atoms with Crippen LogP contribution in [0.2, 0.25) is 0 Å². The van der Waals surface area contributed by atoms with E-state index in [1.54, 1.807) is 31.3 Å². The summed E-state index contributed by atoms with van der Waals surface area (Å²) >= 11 is 0. The average Bonchev–Trinajstić information content (AvgIpc) is 2.76. The molecule has 7 nitrogen and oxygen atoms in total. The molecule has 1 fully saturated rings. The van der Waals surface area contributed by atoms with E-state index >= 15 is 0 Å². The number of amides is 2. The summed E-state index contributed by atoms with van der Waals surface area (Å²) in [5.41, 5.74) is 1.94. The minimum atomic E-state index is -0.682. The molecule has 2 aromatic carbocycles. The number of morpholine rings is 1. The zero-order valence-corrected chi connectivity index (χ0v) is 16.7. The van der Waals surface area contributed by atoms with Crippen molar-refractivity contribution in [2.75, 3.05) is 34.0 Å². The molecule has 1 saturated heterocycles. The molecule has 0 bridgehead atoms. The Kier molecular flexibility index (Phi) is 7.08.